The molecule has 1 aliphatic rings. The highest BCUT2D eigenvalue weighted by Gasteiger charge is 2.52. The second-order valence-electron chi connectivity index (χ2n) is 6.58. The third-order valence-corrected chi connectivity index (χ3v) is 4.26. The van der Waals surface area contributed by atoms with E-state index in [-0.39, 0.29) is 6.61 Å². The van der Waals surface area contributed by atoms with Crippen molar-refractivity contribution >= 4 is 11.9 Å². The van der Waals surface area contributed by atoms with E-state index < -0.39 is 55.4 Å². The zero-order valence-electron chi connectivity index (χ0n) is 16.9. The fourth-order valence-electron chi connectivity index (χ4n) is 2.94. The van der Waals surface area contributed by atoms with Crippen molar-refractivity contribution in [3.63, 3.8) is 0 Å². The molecule has 1 fully saturated rings. The molecule has 1 N–H and O–H groups in total. The molecule has 0 bridgehead atoms. The first-order valence-corrected chi connectivity index (χ1v) is 9.08. The van der Waals surface area contributed by atoms with Crippen LogP contribution in [-0.4, -0.2) is 67.6 Å². The quantitative estimate of drug-likeness (QED) is 0.254. The molecule has 0 aliphatic carbocycles. The first-order valence-electron chi connectivity index (χ1n) is 9.08. The van der Waals surface area contributed by atoms with Crippen molar-refractivity contribution in [2.75, 3.05) is 13.7 Å². The topological polar surface area (TPSA) is 149 Å². The Morgan fingerprint density at radius 2 is 1.88 bits per heavy atom. The molecule has 1 aromatic rings. The second-order valence-corrected chi connectivity index (χ2v) is 6.58. The molecule has 176 valence electrons. The van der Waals surface area contributed by atoms with Crippen molar-refractivity contribution in [1.29, 1.82) is 0 Å². The molecule has 14 heteroatoms. The number of carboxylic acids is 1. The number of alkyl halides is 3. The smallest absolute Gasteiger partial charge is 0.411 e. The summed E-state index contributed by atoms with van der Waals surface area (Å²) in [6.45, 7) is -1.01. The summed E-state index contributed by atoms with van der Waals surface area (Å²) in [6.07, 6.45) is -11.8. The lowest BCUT2D eigenvalue weighted by Gasteiger charge is -2.42. The Hall–Kier alpha value is -3.06. The number of carbonyl (C=O) groups is 2. The maximum Gasteiger partial charge on any atom is 0.411 e. The van der Waals surface area contributed by atoms with Gasteiger partial charge in [-0.2, -0.15) is 13.2 Å². The van der Waals surface area contributed by atoms with Crippen molar-refractivity contribution in [3.05, 3.63) is 40.3 Å². The number of carboxylic acid groups (broad SMARTS) is 1. The summed E-state index contributed by atoms with van der Waals surface area (Å²) in [6, 6.07) is 4.84. The lowest BCUT2D eigenvalue weighted by atomic mass is 9.96. The van der Waals surface area contributed by atoms with E-state index >= 15 is 0 Å². The number of hydrogen-bond donors (Lipinski definition) is 1. The molecule has 11 nitrogen and oxygen atoms in total. The van der Waals surface area contributed by atoms with E-state index in [9.17, 15) is 27.9 Å². The fourth-order valence-corrected chi connectivity index (χ4v) is 2.94. The fraction of sp³-hybridized carbons (Fsp3) is 0.556. The SMILES string of the molecule is COc1ccc(CO[C@@H]2[C@H](OC(C)=O)[C@@H](N=[N+]=[N-])[C@H](OCC(F)(F)F)O[C@@H]2C(=O)O)cc1. The average Bonchev–Trinajstić information content (AvgIpc) is 2.72. The molecule has 0 saturated carbocycles. The van der Waals surface area contributed by atoms with Gasteiger partial charge in [0, 0.05) is 11.8 Å². The summed E-state index contributed by atoms with van der Waals surface area (Å²) in [5, 5.41) is 12.9. The Labute approximate surface area is 179 Å². The molecule has 0 aromatic heterocycles. The molecule has 32 heavy (non-hydrogen) atoms. The summed E-state index contributed by atoms with van der Waals surface area (Å²) in [7, 11) is 1.47. The van der Waals surface area contributed by atoms with Crippen LogP contribution < -0.4 is 4.74 Å². The number of halogens is 3. The van der Waals surface area contributed by atoms with E-state index in [0.717, 1.165) is 6.92 Å². The van der Waals surface area contributed by atoms with E-state index in [4.69, 9.17) is 24.5 Å². The minimum absolute atomic E-state index is 0.184. The second kappa shape index (κ2) is 11.0. The van der Waals surface area contributed by atoms with Crippen LogP contribution in [-0.2, 0) is 35.1 Å². The summed E-state index contributed by atoms with van der Waals surface area (Å²) < 4.78 is 63.3. The van der Waals surface area contributed by atoms with E-state index in [1.165, 1.54) is 7.11 Å². The third kappa shape index (κ3) is 6.99. The van der Waals surface area contributed by atoms with Crippen molar-refractivity contribution in [2.45, 2.75) is 50.4 Å². The summed E-state index contributed by atoms with van der Waals surface area (Å²) in [5.74, 6) is -1.96. The summed E-state index contributed by atoms with van der Waals surface area (Å²) >= 11 is 0. The Balaban J connectivity index is 2.33. The number of carbonyl (C=O) groups excluding carboxylic acids is 1. The molecule has 0 radical (unpaired) electrons. The van der Waals surface area contributed by atoms with Gasteiger partial charge in [0.15, 0.2) is 12.4 Å². The number of benzene rings is 1. The summed E-state index contributed by atoms with van der Waals surface area (Å²) in [4.78, 5) is 25.9. The van der Waals surface area contributed by atoms with Crippen LogP contribution >= 0.6 is 0 Å². The molecule has 0 amide bonds. The molecule has 5 atom stereocenters. The van der Waals surface area contributed by atoms with E-state index in [1.807, 2.05) is 0 Å². The van der Waals surface area contributed by atoms with Gasteiger partial charge in [0.1, 0.15) is 30.6 Å². The number of esters is 1. The molecule has 1 saturated heterocycles. The van der Waals surface area contributed by atoms with Gasteiger partial charge in [0.05, 0.1) is 13.7 Å². The van der Waals surface area contributed by atoms with Crippen LogP contribution in [0.25, 0.3) is 10.4 Å². The minimum Gasteiger partial charge on any atom is -0.497 e. The van der Waals surface area contributed by atoms with Crippen molar-refractivity contribution < 1.29 is 51.6 Å². The van der Waals surface area contributed by atoms with Crippen LogP contribution in [0.3, 0.4) is 0 Å². The van der Waals surface area contributed by atoms with Gasteiger partial charge in [-0.25, -0.2) is 4.79 Å². The van der Waals surface area contributed by atoms with E-state index in [2.05, 4.69) is 14.8 Å². The van der Waals surface area contributed by atoms with Gasteiger partial charge in [-0.3, -0.25) is 4.79 Å². The number of aliphatic carboxylic acids is 1. The monoisotopic (exact) mass is 463 g/mol. The van der Waals surface area contributed by atoms with Gasteiger partial charge >= 0.3 is 18.1 Å². The lowest BCUT2D eigenvalue weighted by molar-refractivity contribution is -0.293. The van der Waals surface area contributed by atoms with Gasteiger partial charge in [0.2, 0.25) is 0 Å². The highest BCUT2D eigenvalue weighted by atomic mass is 19.4. The van der Waals surface area contributed by atoms with Crippen LogP contribution in [0.5, 0.6) is 5.75 Å². The molecule has 1 aliphatic heterocycles. The molecular formula is C18H20F3N3O8. The third-order valence-electron chi connectivity index (χ3n) is 4.26. The minimum atomic E-state index is -4.78. The van der Waals surface area contributed by atoms with Crippen LogP contribution in [0.4, 0.5) is 13.2 Å². The van der Waals surface area contributed by atoms with Crippen molar-refractivity contribution in [3.8, 4) is 5.75 Å². The zero-order valence-corrected chi connectivity index (χ0v) is 16.9. The average molecular weight is 463 g/mol. The Bertz CT molecular complexity index is 845. The zero-order chi connectivity index (χ0) is 23.9. The number of nitrogens with zero attached hydrogens (tertiary/aromatic N) is 3. The largest absolute Gasteiger partial charge is 0.497 e. The van der Waals surface area contributed by atoms with E-state index in [0.29, 0.717) is 11.3 Å². The van der Waals surface area contributed by atoms with Crippen molar-refractivity contribution in [1.82, 2.24) is 0 Å². The first kappa shape index (κ1) is 25.2. The van der Waals surface area contributed by atoms with Gasteiger partial charge < -0.3 is 28.8 Å². The highest BCUT2D eigenvalue weighted by molar-refractivity contribution is 5.74. The number of rotatable bonds is 9. The molecular weight excluding hydrogens is 443 g/mol. The maximum absolute atomic E-state index is 12.6. The molecule has 0 spiro atoms. The van der Waals surface area contributed by atoms with Crippen LogP contribution in [0.15, 0.2) is 29.4 Å². The van der Waals surface area contributed by atoms with Crippen molar-refractivity contribution in [2.24, 2.45) is 5.11 Å². The Morgan fingerprint density at radius 1 is 1.22 bits per heavy atom. The predicted molar refractivity (Wildman–Crippen MR) is 98.4 cm³/mol. The predicted octanol–water partition coefficient (Wildman–Crippen LogP) is 2.58. The molecule has 1 aromatic carbocycles. The van der Waals surface area contributed by atoms with Crippen LogP contribution in [0, 0.1) is 0 Å². The van der Waals surface area contributed by atoms with Gasteiger partial charge in [-0.15, -0.1) is 0 Å². The number of methoxy groups -OCH3 is 1. The lowest BCUT2D eigenvalue weighted by Crippen LogP contribution is -2.62. The molecule has 0 unspecified atom stereocenters. The number of azide groups is 1. The van der Waals surface area contributed by atoms with Crippen LogP contribution in [0.2, 0.25) is 0 Å². The maximum atomic E-state index is 12.6. The first-order chi connectivity index (χ1) is 15.1. The Kier molecular flexibility index (Phi) is 8.66. The standard InChI is InChI=1S/C18H20F3N3O8/c1-9(25)31-13-12(23-24-22)17(30-8-18(19,20)21)32-15(16(26)27)14(13)29-7-10-3-5-11(28-2)6-4-10/h3-6,12-15,17H,7-8H2,1-2H3,(H,26,27)/t12-,13-,14-,15+,17-/m1/s1. The molecule has 2 rings (SSSR count). The van der Waals surface area contributed by atoms with E-state index in [1.54, 1.807) is 24.3 Å². The van der Waals surface area contributed by atoms with Crippen LogP contribution in [0.1, 0.15) is 12.5 Å². The van der Waals surface area contributed by atoms with Gasteiger partial charge in [-0.1, -0.05) is 17.2 Å². The Morgan fingerprint density at radius 3 is 2.38 bits per heavy atom. The molecule has 1 heterocycles. The van der Waals surface area contributed by atoms with Gasteiger partial charge in [0.25, 0.3) is 0 Å². The number of hydrogen-bond acceptors (Lipinski definition) is 8. The summed E-state index contributed by atoms with van der Waals surface area (Å²) in [5.41, 5.74) is 9.43. The normalized spacial score (nSPS) is 25.5. The highest BCUT2D eigenvalue weighted by Crippen LogP contribution is 2.31. The van der Waals surface area contributed by atoms with Gasteiger partial charge in [-0.05, 0) is 23.2 Å². The number of ether oxygens (including phenoxy) is 5.